The van der Waals surface area contributed by atoms with Gasteiger partial charge in [0.05, 0.1) is 0 Å². The molecule has 36 valence electrons. The highest BCUT2D eigenvalue weighted by molar-refractivity contribution is 5.17. The van der Waals surface area contributed by atoms with Gasteiger partial charge in [0.15, 0.2) is 0 Å². The fraction of sp³-hybridized carbons (Fsp3) is 0.429. The van der Waals surface area contributed by atoms with E-state index in [1.54, 1.807) is 0 Å². The van der Waals surface area contributed by atoms with E-state index < -0.39 is 0 Å². The zero-order valence-electron chi connectivity index (χ0n) is 4.71. The Balaban J connectivity index is 3.04. The molecular formula is C7H8. The average Bonchev–Trinajstić information content (AvgIpc) is 1.87. The first-order valence-electron chi connectivity index (χ1n) is 2.46. The van der Waals surface area contributed by atoms with Gasteiger partial charge >= 0.3 is 0 Å². The van der Waals surface area contributed by atoms with Crippen molar-refractivity contribution in [1.82, 2.24) is 0 Å². The van der Waals surface area contributed by atoms with Crippen LogP contribution >= 0.6 is 0 Å². The summed E-state index contributed by atoms with van der Waals surface area (Å²) in [6, 6.07) is 0. The molecule has 0 aromatic carbocycles. The Kier molecular flexibility index (Phi) is 0.906. The molecule has 0 saturated heterocycles. The van der Waals surface area contributed by atoms with Crippen LogP contribution in [0.5, 0.6) is 0 Å². The van der Waals surface area contributed by atoms with Crippen molar-refractivity contribution in [3.63, 3.8) is 0 Å². The summed E-state index contributed by atoms with van der Waals surface area (Å²) in [5.74, 6) is 0. The molecule has 0 unspecified atom stereocenters. The summed E-state index contributed by atoms with van der Waals surface area (Å²) in [4.78, 5) is 0. The first-order valence-corrected chi connectivity index (χ1v) is 2.46. The zero-order valence-corrected chi connectivity index (χ0v) is 4.71. The molecule has 0 amide bonds. The monoisotopic (exact) mass is 92.1 g/mol. The number of hydrogen-bond donors (Lipinski definition) is 0. The highest BCUT2D eigenvalue weighted by Crippen LogP contribution is 2.10. The van der Waals surface area contributed by atoms with Gasteiger partial charge in [-0.15, -0.1) is 0 Å². The van der Waals surface area contributed by atoms with E-state index >= 15 is 0 Å². The SMILES string of the molecule is CC1=C=C=C(C)C1. The standard InChI is InChI=1S/C7H8/c1-6-3-4-7(2)5-6/h5H2,1-2H3. The second kappa shape index (κ2) is 1.42. The van der Waals surface area contributed by atoms with Crippen LogP contribution in [0.4, 0.5) is 0 Å². The Morgan fingerprint density at radius 1 is 1.14 bits per heavy atom. The van der Waals surface area contributed by atoms with Crippen LogP contribution in [0.1, 0.15) is 20.3 Å². The largest absolute Gasteiger partial charge is 0.0711 e. The van der Waals surface area contributed by atoms with Crippen molar-refractivity contribution >= 4 is 0 Å². The topological polar surface area (TPSA) is 0 Å². The van der Waals surface area contributed by atoms with Crippen molar-refractivity contribution in [2.24, 2.45) is 0 Å². The molecule has 0 spiro atoms. The summed E-state index contributed by atoms with van der Waals surface area (Å²) < 4.78 is 0. The molecule has 7 heavy (non-hydrogen) atoms. The molecule has 0 aliphatic heterocycles. The van der Waals surface area contributed by atoms with Crippen molar-refractivity contribution in [3.8, 4) is 0 Å². The quantitative estimate of drug-likeness (QED) is 0.401. The summed E-state index contributed by atoms with van der Waals surface area (Å²) >= 11 is 0. The third kappa shape index (κ3) is 0.838. The van der Waals surface area contributed by atoms with E-state index in [9.17, 15) is 0 Å². The van der Waals surface area contributed by atoms with Crippen molar-refractivity contribution < 1.29 is 0 Å². The van der Waals surface area contributed by atoms with Crippen molar-refractivity contribution in [2.75, 3.05) is 0 Å². The predicted octanol–water partition coefficient (Wildman–Crippen LogP) is 2.04. The molecule has 0 aromatic heterocycles. The minimum Gasteiger partial charge on any atom is -0.0711 e. The van der Waals surface area contributed by atoms with Gasteiger partial charge in [0.1, 0.15) is 0 Å². The van der Waals surface area contributed by atoms with Crippen LogP contribution in [0.2, 0.25) is 0 Å². The van der Waals surface area contributed by atoms with Gasteiger partial charge in [0, 0.05) is 6.42 Å². The van der Waals surface area contributed by atoms with Gasteiger partial charge in [0.25, 0.3) is 0 Å². The van der Waals surface area contributed by atoms with E-state index in [2.05, 4.69) is 25.3 Å². The molecule has 1 aliphatic rings. The summed E-state index contributed by atoms with van der Waals surface area (Å²) in [7, 11) is 0. The van der Waals surface area contributed by atoms with E-state index in [1.807, 2.05) is 0 Å². The maximum atomic E-state index is 3.00. The Bertz CT molecular complexity index is 152. The highest BCUT2D eigenvalue weighted by atomic mass is 14.0. The molecule has 0 heteroatoms. The lowest BCUT2D eigenvalue weighted by molar-refractivity contribution is 1.14. The van der Waals surface area contributed by atoms with Crippen molar-refractivity contribution in [3.05, 3.63) is 22.6 Å². The molecule has 1 rings (SSSR count). The molecule has 0 aromatic rings. The van der Waals surface area contributed by atoms with Gasteiger partial charge in [-0.1, -0.05) is 11.5 Å². The number of allylic oxidation sites excluding steroid dienone is 2. The first kappa shape index (κ1) is 4.46. The van der Waals surface area contributed by atoms with Gasteiger partial charge in [-0.25, -0.2) is 0 Å². The summed E-state index contributed by atoms with van der Waals surface area (Å²) in [5.41, 5.74) is 8.60. The van der Waals surface area contributed by atoms with Crippen molar-refractivity contribution in [2.45, 2.75) is 20.3 Å². The molecule has 1 aliphatic carbocycles. The van der Waals surface area contributed by atoms with Gasteiger partial charge in [-0.3, -0.25) is 0 Å². The maximum Gasteiger partial charge on any atom is 0.00513 e. The lowest BCUT2D eigenvalue weighted by atomic mass is 10.2. The van der Waals surface area contributed by atoms with Gasteiger partial charge in [-0.05, 0) is 25.0 Å². The Morgan fingerprint density at radius 2 is 1.57 bits per heavy atom. The Labute approximate surface area is 43.9 Å². The summed E-state index contributed by atoms with van der Waals surface area (Å²) in [6.07, 6.45) is 1.08. The molecular weight excluding hydrogens is 84.1 g/mol. The fourth-order valence-corrected chi connectivity index (χ4v) is 0.700. The lowest BCUT2D eigenvalue weighted by Gasteiger charge is -1.85. The molecule has 0 N–H and O–H groups in total. The van der Waals surface area contributed by atoms with E-state index in [0.717, 1.165) is 6.42 Å². The number of hydrogen-bond acceptors (Lipinski definition) is 0. The lowest BCUT2D eigenvalue weighted by Crippen LogP contribution is -1.68. The summed E-state index contributed by atoms with van der Waals surface area (Å²) in [5, 5.41) is 0. The third-order valence-corrected chi connectivity index (χ3v) is 1.02. The highest BCUT2D eigenvalue weighted by Gasteiger charge is 1.93. The van der Waals surface area contributed by atoms with Crippen LogP contribution in [-0.4, -0.2) is 0 Å². The molecule has 0 heterocycles. The number of rotatable bonds is 0. The van der Waals surface area contributed by atoms with E-state index in [-0.39, 0.29) is 0 Å². The molecule has 0 fully saturated rings. The minimum absolute atomic E-state index is 1.08. The molecule has 0 nitrogen and oxygen atoms in total. The maximum absolute atomic E-state index is 3.00. The van der Waals surface area contributed by atoms with E-state index in [0.29, 0.717) is 0 Å². The minimum atomic E-state index is 1.08. The Morgan fingerprint density at radius 3 is 1.71 bits per heavy atom. The van der Waals surface area contributed by atoms with E-state index in [4.69, 9.17) is 0 Å². The zero-order chi connectivity index (χ0) is 5.28. The van der Waals surface area contributed by atoms with Crippen LogP contribution in [0.3, 0.4) is 0 Å². The van der Waals surface area contributed by atoms with E-state index in [1.165, 1.54) is 11.1 Å². The average molecular weight is 92.1 g/mol. The Hall–Kier alpha value is -0.700. The summed E-state index contributed by atoms with van der Waals surface area (Å²) in [6.45, 7) is 4.15. The first-order chi connectivity index (χ1) is 3.29. The second-order valence-electron chi connectivity index (χ2n) is 1.99. The smallest absolute Gasteiger partial charge is 0.00513 e. The second-order valence-corrected chi connectivity index (χ2v) is 1.99. The van der Waals surface area contributed by atoms with Gasteiger partial charge in [-0.2, -0.15) is 0 Å². The van der Waals surface area contributed by atoms with Crippen LogP contribution in [0.15, 0.2) is 22.6 Å². The fourth-order valence-electron chi connectivity index (χ4n) is 0.700. The van der Waals surface area contributed by atoms with Crippen LogP contribution < -0.4 is 0 Å². The van der Waals surface area contributed by atoms with Crippen LogP contribution in [0, 0.1) is 0 Å². The van der Waals surface area contributed by atoms with Gasteiger partial charge < -0.3 is 0 Å². The van der Waals surface area contributed by atoms with Crippen LogP contribution in [0.25, 0.3) is 0 Å². The third-order valence-electron chi connectivity index (χ3n) is 1.02. The molecule has 0 atom stereocenters. The van der Waals surface area contributed by atoms with Crippen LogP contribution in [-0.2, 0) is 0 Å². The van der Waals surface area contributed by atoms with Gasteiger partial charge in [0.2, 0.25) is 0 Å². The molecule has 0 radical (unpaired) electrons. The normalized spacial score (nSPS) is 16.9. The molecule has 0 bridgehead atoms. The molecule has 0 saturated carbocycles. The predicted molar refractivity (Wildman–Crippen MR) is 30.0 cm³/mol. The van der Waals surface area contributed by atoms with Crippen molar-refractivity contribution in [1.29, 1.82) is 0 Å².